The van der Waals surface area contributed by atoms with E-state index in [2.05, 4.69) is 66.6 Å². The first-order chi connectivity index (χ1) is 9.81. The van der Waals surface area contributed by atoms with Gasteiger partial charge in [0.2, 0.25) is 0 Å². The van der Waals surface area contributed by atoms with Crippen molar-refractivity contribution in [2.45, 2.75) is 38.6 Å². The third kappa shape index (κ3) is 4.17. The van der Waals surface area contributed by atoms with E-state index in [-0.39, 0.29) is 0 Å². The van der Waals surface area contributed by atoms with Crippen LogP contribution in [-0.2, 0) is 6.42 Å². The Balaban J connectivity index is 1.99. The van der Waals surface area contributed by atoms with E-state index in [1.165, 1.54) is 11.1 Å². The highest BCUT2D eigenvalue weighted by atomic mass is 14.9. The van der Waals surface area contributed by atoms with Crippen molar-refractivity contribution >= 4 is 0 Å². The number of aromatic nitrogens is 1. The van der Waals surface area contributed by atoms with Crippen molar-refractivity contribution in [3.05, 3.63) is 66.0 Å². The molecule has 106 valence electrons. The average molecular weight is 268 g/mol. The van der Waals surface area contributed by atoms with Gasteiger partial charge in [-0.05, 0) is 48.6 Å². The molecule has 0 bridgehead atoms. The number of likely N-dealkylation sites (N-methyl/N-ethyl adjacent to an activating group) is 1. The minimum atomic E-state index is 0.502. The van der Waals surface area contributed by atoms with Gasteiger partial charge in [-0.25, -0.2) is 0 Å². The predicted octanol–water partition coefficient (Wildman–Crippen LogP) is 3.80. The van der Waals surface area contributed by atoms with Crippen LogP contribution in [0.4, 0.5) is 0 Å². The summed E-state index contributed by atoms with van der Waals surface area (Å²) >= 11 is 0. The standard InChI is InChI=1S/C18H24N2/c1-3-20-18(10-9-16-7-5-4-6-8-16)15(2)17-11-13-19-14-12-17/h4-8,11-15,18,20H,3,9-10H2,1-2H3. The highest BCUT2D eigenvalue weighted by Gasteiger charge is 2.17. The Bertz CT molecular complexity index is 481. The summed E-state index contributed by atoms with van der Waals surface area (Å²) in [5, 5.41) is 3.63. The molecule has 0 spiro atoms. The molecule has 2 unspecified atom stereocenters. The van der Waals surface area contributed by atoms with Gasteiger partial charge in [-0.2, -0.15) is 0 Å². The first-order valence-electron chi connectivity index (χ1n) is 7.48. The molecule has 0 aliphatic heterocycles. The number of hydrogen-bond acceptors (Lipinski definition) is 2. The van der Waals surface area contributed by atoms with Crippen LogP contribution in [0.15, 0.2) is 54.9 Å². The summed E-state index contributed by atoms with van der Waals surface area (Å²) in [7, 11) is 0. The number of benzene rings is 1. The molecule has 2 nitrogen and oxygen atoms in total. The second kappa shape index (κ2) is 7.81. The Morgan fingerprint density at radius 1 is 1.05 bits per heavy atom. The molecule has 0 radical (unpaired) electrons. The van der Waals surface area contributed by atoms with Crippen molar-refractivity contribution in [1.29, 1.82) is 0 Å². The molecule has 20 heavy (non-hydrogen) atoms. The Labute approximate surface area is 122 Å². The maximum absolute atomic E-state index is 4.11. The van der Waals surface area contributed by atoms with Crippen LogP contribution in [-0.4, -0.2) is 17.6 Å². The lowest BCUT2D eigenvalue weighted by Crippen LogP contribution is -2.34. The number of pyridine rings is 1. The second-order valence-electron chi connectivity index (χ2n) is 5.26. The Morgan fingerprint density at radius 3 is 2.40 bits per heavy atom. The average Bonchev–Trinajstić information content (AvgIpc) is 2.52. The minimum Gasteiger partial charge on any atom is -0.314 e. The van der Waals surface area contributed by atoms with Crippen LogP contribution >= 0.6 is 0 Å². The van der Waals surface area contributed by atoms with E-state index in [1.807, 2.05) is 12.4 Å². The minimum absolute atomic E-state index is 0.502. The molecule has 1 aromatic heterocycles. The van der Waals surface area contributed by atoms with Crippen molar-refractivity contribution in [3.8, 4) is 0 Å². The highest BCUT2D eigenvalue weighted by Crippen LogP contribution is 2.21. The zero-order chi connectivity index (χ0) is 14.2. The van der Waals surface area contributed by atoms with Crippen LogP contribution in [0.3, 0.4) is 0 Å². The quantitative estimate of drug-likeness (QED) is 0.826. The van der Waals surface area contributed by atoms with Gasteiger partial charge in [0.15, 0.2) is 0 Å². The third-order valence-corrected chi connectivity index (χ3v) is 3.89. The van der Waals surface area contributed by atoms with Gasteiger partial charge < -0.3 is 5.32 Å². The van der Waals surface area contributed by atoms with Gasteiger partial charge in [-0.3, -0.25) is 4.98 Å². The summed E-state index contributed by atoms with van der Waals surface area (Å²) in [6, 6.07) is 15.5. The molecule has 0 aliphatic rings. The maximum atomic E-state index is 4.11. The van der Waals surface area contributed by atoms with E-state index in [9.17, 15) is 0 Å². The molecule has 1 heterocycles. The van der Waals surface area contributed by atoms with Crippen LogP contribution in [0, 0.1) is 0 Å². The Morgan fingerprint density at radius 2 is 1.75 bits per heavy atom. The molecule has 0 amide bonds. The van der Waals surface area contributed by atoms with E-state index in [4.69, 9.17) is 0 Å². The molecule has 1 aromatic carbocycles. The summed E-state index contributed by atoms with van der Waals surface area (Å²) < 4.78 is 0. The maximum Gasteiger partial charge on any atom is 0.0270 e. The molecule has 0 saturated heterocycles. The molecule has 2 atom stereocenters. The van der Waals surface area contributed by atoms with Crippen LogP contribution in [0.25, 0.3) is 0 Å². The van der Waals surface area contributed by atoms with E-state index in [0.717, 1.165) is 19.4 Å². The SMILES string of the molecule is CCNC(CCc1ccccc1)C(C)c1ccncc1. The lowest BCUT2D eigenvalue weighted by atomic mass is 9.90. The van der Waals surface area contributed by atoms with Crippen molar-refractivity contribution in [3.63, 3.8) is 0 Å². The third-order valence-electron chi connectivity index (χ3n) is 3.89. The van der Waals surface area contributed by atoms with Gasteiger partial charge in [-0.1, -0.05) is 44.2 Å². The van der Waals surface area contributed by atoms with Gasteiger partial charge in [0.05, 0.1) is 0 Å². The van der Waals surface area contributed by atoms with E-state index in [1.54, 1.807) is 0 Å². The number of nitrogens with one attached hydrogen (secondary N) is 1. The molecular formula is C18H24N2. The van der Waals surface area contributed by atoms with Gasteiger partial charge in [-0.15, -0.1) is 0 Å². The normalized spacial score (nSPS) is 13.9. The van der Waals surface area contributed by atoms with E-state index >= 15 is 0 Å². The van der Waals surface area contributed by atoms with E-state index < -0.39 is 0 Å². The van der Waals surface area contributed by atoms with Crippen molar-refractivity contribution < 1.29 is 0 Å². The van der Waals surface area contributed by atoms with E-state index in [0.29, 0.717) is 12.0 Å². The lowest BCUT2D eigenvalue weighted by molar-refractivity contribution is 0.433. The van der Waals surface area contributed by atoms with Crippen molar-refractivity contribution in [2.75, 3.05) is 6.54 Å². The summed E-state index contributed by atoms with van der Waals surface area (Å²) in [6.45, 7) is 5.48. The summed E-state index contributed by atoms with van der Waals surface area (Å²) in [5.74, 6) is 0.502. The number of aryl methyl sites for hydroxylation is 1. The van der Waals surface area contributed by atoms with Gasteiger partial charge >= 0.3 is 0 Å². The summed E-state index contributed by atoms with van der Waals surface area (Å²) in [5.41, 5.74) is 2.77. The molecule has 1 N–H and O–H groups in total. The largest absolute Gasteiger partial charge is 0.314 e. The van der Waals surface area contributed by atoms with Gasteiger partial charge in [0.25, 0.3) is 0 Å². The second-order valence-corrected chi connectivity index (χ2v) is 5.26. The fraction of sp³-hybridized carbons (Fsp3) is 0.389. The lowest BCUT2D eigenvalue weighted by Gasteiger charge is -2.25. The van der Waals surface area contributed by atoms with Crippen LogP contribution < -0.4 is 5.32 Å². The number of hydrogen-bond donors (Lipinski definition) is 1. The first kappa shape index (κ1) is 14.7. The Hall–Kier alpha value is -1.67. The highest BCUT2D eigenvalue weighted by molar-refractivity contribution is 5.18. The number of nitrogens with zero attached hydrogens (tertiary/aromatic N) is 1. The topological polar surface area (TPSA) is 24.9 Å². The monoisotopic (exact) mass is 268 g/mol. The fourth-order valence-corrected chi connectivity index (χ4v) is 2.66. The number of rotatable bonds is 7. The van der Waals surface area contributed by atoms with Crippen LogP contribution in [0.1, 0.15) is 37.3 Å². The summed E-state index contributed by atoms with van der Waals surface area (Å²) in [6.07, 6.45) is 6.04. The molecular weight excluding hydrogens is 244 g/mol. The summed E-state index contributed by atoms with van der Waals surface area (Å²) in [4.78, 5) is 4.11. The molecule has 0 aliphatic carbocycles. The predicted molar refractivity (Wildman–Crippen MR) is 84.9 cm³/mol. The molecule has 0 saturated carbocycles. The van der Waals surface area contributed by atoms with Gasteiger partial charge in [0, 0.05) is 18.4 Å². The zero-order valence-electron chi connectivity index (χ0n) is 12.4. The Kier molecular flexibility index (Phi) is 5.75. The first-order valence-corrected chi connectivity index (χ1v) is 7.48. The van der Waals surface area contributed by atoms with Crippen LogP contribution in [0.5, 0.6) is 0 Å². The molecule has 2 heteroatoms. The molecule has 2 rings (SSSR count). The van der Waals surface area contributed by atoms with Crippen LogP contribution in [0.2, 0.25) is 0 Å². The smallest absolute Gasteiger partial charge is 0.0270 e. The fourth-order valence-electron chi connectivity index (χ4n) is 2.66. The van der Waals surface area contributed by atoms with Gasteiger partial charge in [0.1, 0.15) is 0 Å². The molecule has 0 fully saturated rings. The van der Waals surface area contributed by atoms with Crippen molar-refractivity contribution in [1.82, 2.24) is 10.3 Å². The molecule has 2 aromatic rings. The van der Waals surface area contributed by atoms with Crippen molar-refractivity contribution in [2.24, 2.45) is 0 Å². The zero-order valence-corrected chi connectivity index (χ0v) is 12.4.